The van der Waals surface area contributed by atoms with E-state index in [9.17, 15) is 4.79 Å². The standard InChI is InChI=1S/C18H22BrN3O/c1-12-10-17(15-4-3-5-16(19)18(15)21-12)20-11-14-6-8-22(9-7-14)13(2)23/h3-5,10,14H,6-9,11H2,1-2H3,(H,20,21). The van der Waals surface area contributed by atoms with Crippen LogP contribution in [0.4, 0.5) is 5.69 Å². The molecule has 1 amide bonds. The van der Waals surface area contributed by atoms with Crippen molar-refractivity contribution < 1.29 is 4.79 Å². The Morgan fingerprint density at radius 2 is 2.13 bits per heavy atom. The minimum Gasteiger partial charge on any atom is -0.384 e. The van der Waals surface area contributed by atoms with E-state index in [1.807, 2.05) is 24.0 Å². The number of carbonyl (C=O) groups excluding carboxylic acids is 1. The number of nitrogens with zero attached hydrogens (tertiary/aromatic N) is 2. The Kier molecular flexibility index (Phi) is 4.85. The fraction of sp³-hybridized carbons (Fsp3) is 0.444. The van der Waals surface area contributed by atoms with Gasteiger partial charge in [0, 0.05) is 47.8 Å². The highest BCUT2D eigenvalue weighted by atomic mass is 79.9. The van der Waals surface area contributed by atoms with Gasteiger partial charge < -0.3 is 10.2 Å². The number of pyridine rings is 1. The van der Waals surface area contributed by atoms with Crippen molar-refractivity contribution in [2.24, 2.45) is 5.92 Å². The molecular weight excluding hydrogens is 354 g/mol. The number of aryl methyl sites for hydroxylation is 1. The molecule has 0 spiro atoms. The highest BCUT2D eigenvalue weighted by Gasteiger charge is 2.20. The van der Waals surface area contributed by atoms with Crippen LogP contribution in [0.5, 0.6) is 0 Å². The predicted molar refractivity (Wildman–Crippen MR) is 97.6 cm³/mol. The molecule has 122 valence electrons. The van der Waals surface area contributed by atoms with Crippen LogP contribution in [0.1, 0.15) is 25.5 Å². The van der Waals surface area contributed by atoms with E-state index < -0.39 is 0 Å². The van der Waals surface area contributed by atoms with Crippen molar-refractivity contribution in [2.45, 2.75) is 26.7 Å². The van der Waals surface area contributed by atoms with E-state index in [0.717, 1.165) is 59.2 Å². The maximum Gasteiger partial charge on any atom is 0.219 e. The Labute approximate surface area is 145 Å². The van der Waals surface area contributed by atoms with Gasteiger partial charge in [0.2, 0.25) is 5.91 Å². The summed E-state index contributed by atoms with van der Waals surface area (Å²) in [5.74, 6) is 0.804. The van der Waals surface area contributed by atoms with Gasteiger partial charge in [0.1, 0.15) is 0 Å². The molecule has 0 radical (unpaired) electrons. The van der Waals surface area contributed by atoms with Crippen LogP contribution in [-0.4, -0.2) is 35.4 Å². The van der Waals surface area contributed by atoms with Crippen LogP contribution in [0.15, 0.2) is 28.7 Å². The number of para-hydroxylation sites is 1. The van der Waals surface area contributed by atoms with Gasteiger partial charge in [-0.15, -0.1) is 0 Å². The molecule has 1 saturated heterocycles. The SMILES string of the molecule is CC(=O)N1CCC(CNc2cc(C)nc3c(Br)cccc23)CC1. The predicted octanol–water partition coefficient (Wildman–Crippen LogP) is 3.98. The zero-order valence-corrected chi connectivity index (χ0v) is 15.2. The molecular formula is C18H22BrN3O. The molecule has 1 aromatic heterocycles. The van der Waals surface area contributed by atoms with E-state index in [-0.39, 0.29) is 5.91 Å². The van der Waals surface area contributed by atoms with Gasteiger partial charge in [0.05, 0.1) is 5.52 Å². The molecule has 23 heavy (non-hydrogen) atoms. The second-order valence-electron chi connectivity index (χ2n) is 6.28. The van der Waals surface area contributed by atoms with Gasteiger partial charge in [-0.3, -0.25) is 9.78 Å². The largest absolute Gasteiger partial charge is 0.384 e. The summed E-state index contributed by atoms with van der Waals surface area (Å²) in [4.78, 5) is 18.0. The molecule has 1 fully saturated rings. The first-order valence-electron chi connectivity index (χ1n) is 8.10. The average Bonchev–Trinajstić information content (AvgIpc) is 2.54. The molecule has 0 unspecified atom stereocenters. The lowest BCUT2D eigenvalue weighted by atomic mass is 9.96. The molecule has 5 heteroatoms. The van der Waals surface area contributed by atoms with Gasteiger partial charge in [0.25, 0.3) is 0 Å². The molecule has 1 aliphatic rings. The van der Waals surface area contributed by atoms with E-state index in [0.29, 0.717) is 5.92 Å². The maximum absolute atomic E-state index is 11.4. The topological polar surface area (TPSA) is 45.2 Å². The number of anilines is 1. The monoisotopic (exact) mass is 375 g/mol. The van der Waals surface area contributed by atoms with E-state index in [1.54, 1.807) is 6.92 Å². The number of hydrogen-bond acceptors (Lipinski definition) is 3. The molecule has 2 heterocycles. The fourth-order valence-electron chi connectivity index (χ4n) is 3.19. The molecule has 1 aliphatic heterocycles. The van der Waals surface area contributed by atoms with E-state index in [2.05, 4.69) is 38.4 Å². The third-order valence-corrected chi connectivity index (χ3v) is 5.20. The van der Waals surface area contributed by atoms with Gasteiger partial charge in [-0.1, -0.05) is 12.1 Å². The van der Waals surface area contributed by atoms with Crippen molar-refractivity contribution in [2.75, 3.05) is 25.0 Å². The lowest BCUT2D eigenvalue weighted by molar-refractivity contribution is -0.130. The summed E-state index contributed by atoms with van der Waals surface area (Å²) in [7, 11) is 0. The van der Waals surface area contributed by atoms with E-state index in [4.69, 9.17) is 0 Å². The van der Waals surface area contributed by atoms with Gasteiger partial charge in [-0.05, 0) is 53.7 Å². The van der Waals surface area contributed by atoms with E-state index >= 15 is 0 Å². The molecule has 1 aromatic carbocycles. The lowest BCUT2D eigenvalue weighted by Gasteiger charge is -2.31. The Balaban J connectivity index is 1.71. The number of aromatic nitrogens is 1. The van der Waals surface area contributed by atoms with Crippen molar-refractivity contribution >= 4 is 38.4 Å². The number of fused-ring (bicyclic) bond motifs is 1. The zero-order chi connectivity index (χ0) is 16.4. The molecule has 0 atom stereocenters. The molecule has 3 rings (SSSR count). The van der Waals surface area contributed by atoms with E-state index in [1.165, 1.54) is 0 Å². The Morgan fingerprint density at radius 1 is 1.39 bits per heavy atom. The summed E-state index contributed by atoms with van der Waals surface area (Å²) in [5, 5.41) is 4.75. The third kappa shape index (κ3) is 3.66. The fourth-order valence-corrected chi connectivity index (χ4v) is 3.65. The Morgan fingerprint density at radius 3 is 2.83 bits per heavy atom. The van der Waals surface area contributed by atoms with Crippen molar-refractivity contribution in [3.05, 3.63) is 34.4 Å². The van der Waals surface area contributed by atoms with Crippen LogP contribution in [0.3, 0.4) is 0 Å². The molecule has 0 saturated carbocycles. The summed E-state index contributed by atoms with van der Waals surface area (Å²) < 4.78 is 1.02. The molecule has 2 aromatic rings. The number of benzene rings is 1. The van der Waals surface area contributed by atoms with Gasteiger partial charge in [-0.2, -0.15) is 0 Å². The van der Waals surface area contributed by atoms with Crippen LogP contribution >= 0.6 is 15.9 Å². The van der Waals surface area contributed by atoms with Crippen LogP contribution < -0.4 is 5.32 Å². The Hall–Kier alpha value is -1.62. The minimum atomic E-state index is 0.192. The number of likely N-dealkylation sites (tertiary alicyclic amines) is 1. The maximum atomic E-state index is 11.4. The highest BCUT2D eigenvalue weighted by molar-refractivity contribution is 9.10. The van der Waals surface area contributed by atoms with Gasteiger partial charge in [0.15, 0.2) is 0 Å². The van der Waals surface area contributed by atoms with Crippen LogP contribution in [0.2, 0.25) is 0 Å². The summed E-state index contributed by atoms with van der Waals surface area (Å²) in [6, 6.07) is 8.28. The smallest absolute Gasteiger partial charge is 0.219 e. The number of nitrogens with one attached hydrogen (secondary N) is 1. The molecule has 0 aliphatic carbocycles. The van der Waals surface area contributed by atoms with Gasteiger partial charge in [-0.25, -0.2) is 0 Å². The lowest BCUT2D eigenvalue weighted by Crippen LogP contribution is -2.38. The first-order valence-corrected chi connectivity index (χ1v) is 8.89. The number of piperidine rings is 1. The summed E-state index contributed by atoms with van der Waals surface area (Å²) in [6.45, 7) is 6.38. The van der Waals surface area contributed by atoms with Crippen molar-refractivity contribution in [3.8, 4) is 0 Å². The second-order valence-corrected chi connectivity index (χ2v) is 7.13. The van der Waals surface area contributed by atoms with Crippen LogP contribution in [-0.2, 0) is 4.79 Å². The summed E-state index contributed by atoms with van der Waals surface area (Å²) >= 11 is 3.59. The van der Waals surface area contributed by atoms with Crippen molar-refractivity contribution in [1.29, 1.82) is 0 Å². The average molecular weight is 376 g/mol. The number of halogens is 1. The second kappa shape index (κ2) is 6.87. The van der Waals surface area contributed by atoms with Crippen molar-refractivity contribution in [1.82, 2.24) is 9.88 Å². The first-order chi connectivity index (χ1) is 11.0. The number of rotatable bonds is 3. The first kappa shape index (κ1) is 16.2. The normalized spacial score (nSPS) is 15.9. The van der Waals surface area contributed by atoms with Gasteiger partial charge >= 0.3 is 0 Å². The summed E-state index contributed by atoms with van der Waals surface area (Å²) in [5.41, 5.74) is 3.16. The number of carbonyl (C=O) groups is 1. The Bertz CT molecular complexity index is 724. The zero-order valence-electron chi connectivity index (χ0n) is 13.6. The minimum absolute atomic E-state index is 0.192. The van der Waals surface area contributed by atoms with Crippen LogP contribution in [0, 0.1) is 12.8 Å². The quantitative estimate of drug-likeness (QED) is 0.882. The summed E-state index contributed by atoms with van der Waals surface area (Å²) in [6.07, 6.45) is 2.14. The number of hydrogen-bond donors (Lipinski definition) is 1. The number of amides is 1. The molecule has 4 nitrogen and oxygen atoms in total. The molecule has 1 N–H and O–H groups in total. The van der Waals surface area contributed by atoms with Crippen LogP contribution in [0.25, 0.3) is 10.9 Å². The van der Waals surface area contributed by atoms with Crippen molar-refractivity contribution in [3.63, 3.8) is 0 Å². The third-order valence-electron chi connectivity index (χ3n) is 4.56. The highest BCUT2D eigenvalue weighted by Crippen LogP contribution is 2.29. The molecule has 0 bridgehead atoms.